The number of aryl methyl sites for hydroxylation is 1. The highest BCUT2D eigenvalue weighted by atomic mass is 16.7. The van der Waals surface area contributed by atoms with Crippen molar-refractivity contribution in [3.8, 4) is 0 Å². The van der Waals surface area contributed by atoms with Crippen molar-refractivity contribution in [2.24, 2.45) is 7.05 Å². The van der Waals surface area contributed by atoms with Crippen LogP contribution in [0.4, 0.5) is 5.95 Å². The zero-order valence-corrected chi connectivity index (χ0v) is 13.4. The molecule has 2 aliphatic heterocycles. The predicted molar refractivity (Wildman–Crippen MR) is 80.0 cm³/mol. The van der Waals surface area contributed by atoms with Gasteiger partial charge in [-0.2, -0.15) is 0 Å². The first-order valence-electron chi connectivity index (χ1n) is 7.79. The van der Waals surface area contributed by atoms with E-state index in [2.05, 4.69) is 9.88 Å². The normalized spacial score (nSPS) is 20.6. The number of nitrogens with zero attached hydrogens (tertiary/aromatic N) is 3. The number of carbonyl (C=O) groups excluding carboxylic acids is 1. The van der Waals surface area contributed by atoms with Crippen LogP contribution in [0.2, 0.25) is 0 Å². The van der Waals surface area contributed by atoms with Crippen LogP contribution >= 0.6 is 0 Å². The Bertz CT molecular complexity index is 553. The van der Waals surface area contributed by atoms with Crippen LogP contribution in [-0.2, 0) is 21.3 Å². The summed E-state index contributed by atoms with van der Waals surface area (Å²) in [4.78, 5) is 18.8. The fraction of sp³-hybridized carbons (Fsp3) is 0.733. The number of imidazole rings is 1. The van der Waals surface area contributed by atoms with Gasteiger partial charge in [-0.25, -0.2) is 9.78 Å². The molecule has 22 heavy (non-hydrogen) atoms. The first-order valence-corrected chi connectivity index (χ1v) is 7.79. The molecule has 0 atom stereocenters. The minimum atomic E-state index is -0.402. The number of aromatic nitrogens is 2. The first-order chi connectivity index (χ1) is 10.6. The molecular weight excluding hydrogens is 286 g/mol. The Labute approximate surface area is 130 Å². The SMILES string of the molecule is CCOC(=O)c1c(C)nc(N2CCC3(CC2)OCCO3)n1C. The minimum Gasteiger partial charge on any atom is -0.461 e. The highest BCUT2D eigenvalue weighted by molar-refractivity contribution is 5.89. The van der Waals surface area contributed by atoms with E-state index in [9.17, 15) is 4.79 Å². The summed E-state index contributed by atoms with van der Waals surface area (Å²) in [6.45, 7) is 6.95. The van der Waals surface area contributed by atoms with Crippen molar-refractivity contribution >= 4 is 11.9 Å². The van der Waals surface area contributed by atoms with E-state index in [4.69, 9.17) is 14.2 Å². The summed E-state index contributed by atoms with van der Waals surface area (Å²) in [6, 6.07) is 0. The molecule has 0 amide bonds. The molecule has 0 N–H and O–H groups in total. The van der Waals surface area contributed by atoms with Gasteiger partial charge in [0, 0.05) is 33.0 Å². The summed E-state index contributed by atoms with van der Waals surface area (Å²) < 4.78 is 18.4. The van der Waals surface area contributed by atoms with Crippen molar-refractivity contribution < 1.29 is 19.0 Å². The average Bonchev–Trinajstić information content (AvgIpc) is 3.06. The van der Waals surface area contributed by atoms with Crippen LogP contribution in [0, 0.1) is 6.92 Å². The van der Waals surface area contributed by atoms with Crippen molar-refractivity contribution in [3.63, 3.8) is 0 Å². The number of esters is 1. The Morgan fingerprint density at radius 3 is 2.55 bits per heavy atom. The second-order valence-corrected chi connectivity index (χ2v) is 5.72. The predicted octanol–water partition coefficient (Wildman–Crippen LogP) is 1.25. The van der Waals surface area contributed by atoms with Crippen molar-refractivity contribution in [1.29, 1.82) is 0 Å². The maximum atomic E-state index is 12.0. The molecule has 2 fully saturated rings. The summed E-state index contributed by atoms with van der Waals surface area (Å²) in [7, 11) is 1.86. The molecule has 2 saturated heterocycles. The van der Waals surface area contributed by atoms with Gasteiger partial charge in [-0.3, -0.25) is 0 Å². The van der Waals surface area contributed by atoms with Crippen LogP contribution < -0.4 is 4.90 Å². The zero-order valence-electron chi connectivity index (χ0n) is 13.4. The molecule has 0 saturated carbocycles. The highest BCUT2D eigenvalue weighted by Crippen LogP contribution is 2.33. The molecule has 0 unspecified atom stereocenters. The van der Waals surface area contributed by atoms with Crippen molar-refractivity contribution in [2.45, 2.75) is 32.5 Å². The van der Waals surface area contributed by atoms with Crippen molar-refractivity contribution in [3.05, 3.63) is 11.4 Å². The Balaban J connectivity index is 1.76. The van der Waals surface area contributed by atoms with Gasteiger partial charge in [-0.05, 0) is 13.8 Å². The lowest BCUT2D eigenvalue weighted by atomic mass is 10.0. The zero-order chi connectivity index (χ0) is 15.7. The number of rotatable bonds is 3. The van der Waals surface area contributed by atoms with E-state index >= 15 is 0 Å². The first kappa shape index (κ1) is 15.3. The lowest BCUT2D eigenvalue weighted by Gasteiger charge is -2.37. The average molecular weight is 309 g/mol. The lowest BCUT2D eigenvalue weighted by molar-refractivity contribution is -0.169. The quantitative estimate of drug-likeness (QED) is 0.783. The van der Waals surface area contributed by atoms with E-state index < -0.39 is 5.79 Å². The van der Waals surface area contributed by atoms with Gasteiger partial charge in [0.2, 0.25) is 5.95 Å². The molecule has 0 aromatic carbocycles. The van der Waals surface area contributed by atoms with E-state index in [0.717, 1.165) is 31.9 Å². The second-order valence-electron chi connectivity index (χ2n) is 5.72. The number of piperidine rings is 1. The van der Waals surface area contributed by atoms with Gasteiger partial charge in [0.05, 0.1) is 25.5 Å². The summed E-state index contributed by atoms with van der Waals surface area (Å²) in [5.74, 6) is 0.0753. The lowest BCUT2D eigenvalue weighted by Crippen LogP contribution is -2.46. The van der Waals surface area contributed by atoms with Gasteiger partial charge in [0.1, 0.15) is 0 Å². The molecule has 1 aromatic rings. The summed E-state index contributed by atoms with van der Waals surface area (Å²) in [6.07, 6.45) is 1.63. The maximum Gasteiger partial charge on any atom is 0.356 e. The summed E-state index contributed by atoms with van der Waals surface area (Å²) in [5.41, 5.74) is 1.22. The molecule has 122 valence electrons. The number of anilines is 1. The number of hydrogen-bond acceptors (Lipinski definition) is 6. The van der Waals surface area contributed by atoms with E-state index in [-0.39, 0.29) is 5.97 Å². The van der Waals surface area contributed by atoms with Crippen LogP contribution in [0.1, 0.15) is 35.9 Å². The molecule has 3 rings (SSSR count). The van der Waals surface area contributed by atoms with Crippen molar-refractivity contribution in [2.75, 3.05) is 37.8 Å². The molecule has 0 bridgehead atoms. The Morgan fingerprint density at radius 2 is 1.95 bits per heavy atom. The smallest absolute Gasteiger partial charge is 0.356 e. The van der Waals surface area contributed by atoms with Crippen LogP contribution in [-0.4, -0.2) is 54.2 Å². The van der Waals surface area contributed by atoms with Crippen LogP contribution in [0.5, 0.6) is 0 Å². The molecule has 2 aliphatic rings. The molecule has 7 heteroatoms. The minimum absolute atomic E-state index is 0.322. The van der Waals surface area contributed by atoms with Gasteiger partial charge >= 0.3 is 5.97 Å². The van der Waals surface area contributed by atoms with Gasteiger partial charge in [-0.15, -0.1) is 0 Å². The topological polar surface area (TPSA) is 65.8 Å². The Hall–Kier alpha value is -1.60. The monoisotopic (exact) mass is 309 g/mol. The van der Waals surface area contributed by atoms with Gasteiger partial charge < -0.3 is 23.7 Å². The summed E-state index contributed by atoms with van der Waals surface area (Å²) in [5, 5.41) is 0. The van der Waals surface area contributed by atoms with E-state index in [1.54, 1.807) is 6.92 Å². The standard InChI is InChI=1S/C15H23N3O4/c1-4-20-13(19)12-11(2)16-14(17(12)3)18-7-5-15(6-8-18)21-9-10-22-15/h4-10H2,1-3H3. The largest absolute Gasteiger partial charge is 0.461 e. The Kier molecular flexibility index (Phi) is 4.10. The number of hydrogen-bond donors (Lipinski definition) is 0. The van der Waals surface area contributed by atoms with Crippen LogP contribution in [0.15, 0.2) is 0 Å². The molecule has 0 radical (unpaired) electrons. The van der Waals surface area contributed by atoms with Gasteiger partial charge in [0.15, 0.2) is 11.5 Å². The van der Waals surface area contributed by atoms with E-state index in [1.165, 1.54) is 0 Å². The van der Waals surface area contributed by atoms with Crippen LogP contribution in [0.3, 0.4) is 0 Å². The third-order valence-corrected chi connectivity index (χ3v) is 4.34. The third kappa shape index (κ3) is 2.59. The van der Waals surface area contributed by atoms with E-state index in [0.29, 0.717) is 31.2 Å². The number of ether oxygens (including phenoxy) is 3. The van der Waals surface area contributed by atoms with E-state index in [1.807, 2.05) is 18.5 Å². The fourth-order valence-electron chi connectivity index (χ4n) is 3.22. The van der Waals surface area contributed by atoms with Gasteiger partial charge in [-0.1, -0.05) is 0 Å². The molecule has 1 spiro atoms. The maximum absolute atomic E-state index is 12.0. The molecule has 3 heterocycles. The van der Waals surface area contributed by atoms with Crippen LogP contribution in [0.25, 0.3) is 0 Å². The third-order valence-electron chi connectivity index (χ3n) is 4.34. The van der Waals surface area contributed by atoms with Gasteiger partial charge in [0.25, 0.3) is 0 Å². The molecular formula is C15H23N3O4. The highest BCUT2D eigenvalue weighted by Gasteiger charge is 2.40. The molecule has 7 nitrogen and oxygen atoms in total. The molecule has 1 aromatic heterocycles. The fourth-order valence-corrected chi connectivity index (χ4v) is 3.22. The Morgan fingerprint density at radius 1 is 1.32 bits per heavy atom. The van der Waals surface area contributed by atoms with Crippen molar-refractivity contribution in [1.82, 2.24) is 9.55 Å². The molecule has 0 aliphatic carbocycles. The second kappa shape index (κ2) is 5.89. The summed E-state index contributed by atoms with van der Waals surface area (Å²) >= 11 is 0. The number of carbonyl (C=O) groups is 1.